The zero-order chi connectivity index (χ0) is 24.8. The Labute approximate surface area is 211 Å². The first kappa shape index (κ1) is 24.7. The second-order valence-corrected chi connectivity index (χ2v) is 9.79. The summed E-state index contributed by atoms with van der Waals surface area (Å²) in [6.45, 7) is 0. The van der Waals surface area contributed by atoms with Gasteiger partial charge in [0.05, 0.1) is 27.2 Å². The maximum atomic E-state index is 14.4. The van der Waals surface area contributed by atoms with Crippen molar-refractivity contribution in [1.29, 1.82) is 0 Å². The van der Waals surface area contributed by atoms with Crippen LogP contribution in [0.25, 0.3) is 0 Å². The predicted octanol–water partition coefficient (Wildman–Crippen LogP) is 7.19. The Balaban J connectivity index is 1.52. The summed E-state index contributed by atoms with van der Waals surface area (Å²) in [4.78, 5) is 25.5. The van der Waals surface area contributed by atoms with Gasteiger partial charge in [0.2, 0.25) is 5.91 Å². The lowest BCUT2D eigenvalue weighted by atomic mass is 10.1. The number of halogens is 7. The van der Waals surface area contributed by atoms with Gasteiger partial charge in [-0.2, -0.15) is 0 Å². The van der Waals surface area contributed by atoms with Crippen LogP contribution in [0, 0.1) is 23.4 Å². The number of anilines is 2. The number of amides is 2. The third kappa shape index (κ3) is 4.70. The SMILES string of the molecule is O=C(Nc1ccc(F)cc1F)c1cc(NC(=O)C2C(c3cccc(Cl)c3F)C2(Cl)Cl)ccc1Cl. The van der Waals surface area contributed by atoms with E-state index in [1.807, 2.05) is 0 Å². The minimum absolute atomic E-state index is 0.0207. The second-order valence-electron chi connectivity index (χ2n) is 7.54. The predicted molar refractivity (Wildman–Crippen MR) is 126 cm³/mol. The summed E-state index contributed by atoms with van der Waals surface area (Å²) >= 11 is 24.4. The van der Waals surface area contributed by atoms with Gasteiger partial charge in [0.25, 0.3) is 5.91 Å². The highest BCUT2D eigenvalue weighted by molar-refractivity contribution is 6.53. The molecule has 0 aromatic heterocycles. The molecule has 2 atom stereocenters. The molecule has 2 N–H and O–H groups in total. The molecule has 3 aromatic rings. The van der Waals surface area contributed by atoms with Crippen molar-refractivity contribution in [2.75, 3.05) is 10.6 Å². The topological polar surface area (TPSA) is 58.2 Å². The van der Waals surface area contributed by atoms with Crippen LogP contribution in [0.2, 0.25) is 10.0 Å². The monoisotopic (exact) mass is 546 g/mol. The quantitative estimate of drug-likeness (QED) is 0.332. The molecular weight excluding hydrogens is 535 g/mol. The standard InChI is InChI=1S/C23H13Cl4F3N2O2/c24-14-6-5-11(9-13(14)21(33)32-17-7-4-10(28)8-16(17)29)31-22(34)19-18(23(19,26)27)12-2-1-3-15(25)20(12)30/h1-9,18-19H,(H,31,34)(H,32,33). The van der Waals surface area contributed by atoms with E-state index in [9.17, 15) is 22.8 Å². The molecule has 0 aliphatic heterocycles. The maximum Gasteiger partial charge on any atom is 0.257 e. The molecule has 4 rings (SSSR count). The van der Waals surface area contributed by atoms with Crippen molar-refractivity contribution in [3.63, 3.8) is 0 Å². The fourth-order valence-electron chi connectivity index (χ4n) is 3.58. The highest BCUT2D eigenvalue weighted by Crippen LogP contribution is 2.65. The Kier molecular flexibility index (Phi) is 6.75. The van der Waals surface area contributed by atoms with Gasteiger partial charge in [0, 0.05) is 17.7 Å². The van der Waals surface area contributed by atoms with Gasteiger partial charge < -0.3 is 10.6 Å². The van der Waals surface area contributed by atoms with Crippen LogP contribution in [-0.2, 0) is 4.79 Å². The van der Waals surface area contributed by atoms with Crippen LogP contribution in [0.4, 0.5) is 24.5 Å². The molecule has 1 fully saturated rings. The van der Waals surface area contributed by atoms with Gasteiger partial charge in [0.15, 0.2) is 0 Å². The van der Waals surface area contributed by atoms with E-state index in [1.165, 1.54) is 36.4 Å². The molecule has 0 saturated heterocycles. The average Bonchev–Trinajstić information content (AvgIpc) is 3.35. The van der Waals surface area contributed by atoms with Gasteiger partial charge in [-0.3, -0.25) is 9.59 Å². The Morgan fingerprint density at radius 1 is 0.882 bits per heavy atom. The lowest BCUT2D eigenvalue weighted by molar-refractivity contribution is -0.117. The number of hydrogen-bond donors (Lipinski definition) is 2. The lowest BCUT2D eigenvalue weighted by Gasteiger charge is -2.11. The van der Waals surface area contributed by atoms with Crippen LogP contribution in [0.1, 0.15) is 21.8 Å². The number of nitrogens with one attached hydrogen (secondary N) is 2. The van der Waals surface area contributed by atoms with Crippen LogP contribution < -0.4 is 10.6 Å². The first-order chi connectivity index (χ1) is 16.0. The summed E-state index contributed by atoms with van der Waals surface area (Å²) in [5, 5.41) is 4.76. The molecule has 0 bridgehead atoms. The smallest absolute Gasteiger partial charge is 0.257 e. The molecule has 34 heavy (non-hydrogen) atoms. The Morgan fingerprint density at radius 3 is 2.32 bits per heavy atom. The molecule has 176 valence electrons. The molecule has 0 spiro atoms. The van der Waals surface area contributed by atoms with Crippen molar-refractivity contribution < 1.29 is 22.8 Å². The van der Waals surface area contributed by atoms with E-state index in [-0.39, 0.29) is 32.5 Å². The number of benzene rings is 3. The molecule has 3 aromatic carbocycles. The van der Waals surface area contributed by atoms with E-state index in [2.05, 4.69) is 10.6 Å². The van der Waals surface area contributed by atoms with E-state index >= 15 is 0 Å². The van der Waals surface area contributed by atoms with Gasteiger partial charge in [-0.15, -0.1) is 23.2 Å². The van der Waals surface area contributed by atoms with Crippen molar-refractivity contribution >= 4 is 69.6 Å². The third-order valence-corrected chi connectivity index (χ3v) is 6.87. The first-order valence-electron chi connectivity index (χ1n) is 9.69. The number of rotatable bonds is 5. The molecule has 1 saturated carbocycles. The normalized spacial score (nSPS) is 18.3. The summed E-state index contributed by atoms with van der Waals surface area (Å²) < 4.78 is 39.8. The van der Waals surface area contributed by atoms with Crippen molar-refractivity contribution in [3.05, 3.63) is 93.2 Å². The molecular formula is C23H13Cl4F3N2O2. The molecule has 2 amide bonds. The molecule has 0 heterocycles. The maximum absolute atomic E-state index is 14.4. The van der Waals surface area contributed by atoms with E-state index in [0.29, 0.717) is 6.07 Å². The van der Waals surface area contributed by atoms with Crippen LogP contribution in [0.15, 0.2) is 54.6 Å². The van der Waals surface area contributed by atoms with Crippen LogP contribution in [0.3, 0.4) is 0 Å². The number of carbonyl (C=O) groups is 2. The Morgan fingerprint density at radius 2 is 1.62 bits per heavy atom. The summed E-state index contributed by atoms with van der Waals surface area (Å²) in [6.07, 6.45) is 0. The van der Waals surface area contributed by atoms with Crippen molar-refractivity contribution in [3.8, 4) is 0 Å². The fraction of sp³-hybridized carbons (Fsp3) is 0.130. The summed E-state index contributed by atoms with van der Waals surface area (Å²) in [7, 11) is 0. The van der Waals surface area contributed by atoms with Crippen LogP contribution in [0.5, 0.6) is 0 Å². The highest BCUT2D eigenvalue weighted by atomic mass is 35.5. The summed E-state index contributed by atoms with van der Waals surface area (Å²) in [5.74, 6) is -5.73. The largest absolute Gasteiger partial charge is 0.326 e. The van der Waals surface area contributed by atoms with Crippen LogP contribution in [-0.4, -0.2) is 16.1 Å². The minimum atomic E-state index is -1.57. The zero-order valence-electron chi connectivity index (χ0n) is 16.8. The number of hydrogen-bond acceptors (Lipinski definition) is 2. The molecule has 2 unspecified atom stereocenters. The van der Waals surface area contributed by atoms with E-state index < -0.39 is 45.4 Å². The summed E-state index contributed by atoms with van der Waals surface area (Å²) in [5.41, 5.74) is -0.0644. The van der Waals surface area contributed by atoms with Gasteiger partial charge in [-0.25, -0.2) is 13.2 Å². The van der Waals surface area contributed by atoms with Crippen molar-refractivity contribution in [2.24, 2.45) is 5.92 Å². The first-order valence-corrected chi connectivity index (χ1v) is 11.2. The fourth-order valence-corrected chi connectivity index (χ4v) is 4.77. The molecule has 1 aliphatic rings. The minimum Gasteiger partial charge on any atom is -0.326 e. The van der Waals surface area contributed by atoms with Crippen LogP contribution >= 0.6 is 46.4 Å². The van der Waals surface area contributed by atoms with E-state index in [1.54, 1.807) is 0 Å². The van der Waals surface area contributed by atoms with E-state index in [4.69, 9.17) is 46.4 Å². The second kappa shape index (κ2) is 9.30. The third-order valence-electron chi connectivity index (χ3n) is 5.31. The zero-order valence-corrected chi connectivity index (χ0v) is 19.8. The highest BCUT2D eigenvalue weighted by Gasteiger charge is 2.68. The molecule has 4 nitrogen and oxygen atoms in total. The van der Waals surface area contributed by atoms with Gasteiger partial charge in [0.1, 0.15) is 21.8 Å². The van der Waals surface area contributed by atoms with Gasteiger partial charge in [-0.05, 0) is 42.0 Å². The van der Waals surface area contributed by atoms with Crippen molar-refractivity contribution in [1.82, 2.24) is 0 Å². The van der Waals surface area contributed by atoms with Gasteiger partial charge in [-0.1, -0.05) is 35.3 Å². The van der Waals surface area contributed by atoms with E-state index in [0.717, 1.165) is 12.1 Å². The average molecular weight is 548 g/mol. The number of carbonyl (C=O) groups excluding carboxylic acids is 2. The number of alkyl halides is 2. The molecule has 0 radical (unpaired) electrons. The molecule has 1 aliphatic carbocycles. The summed E-state index contributed by atoms with van der Waals surface area (Å²) in [6, 6.07) is 11.0. The Hall–Kier alpha value is -2.45. The molecule has 11 heteroatoms. The lowest BCUT2D eigenvalue weighted by Crippen LogP contribution is -2.18. The van der Waals surface area contributed by atoms with Crippen molar-refractivity contribution in [2.45, 2.75) is 10.3 Å². The van der Waals surface area contributed by atoms with Gasteiger partial charge >= 0.3 is 0 Å². The Bertz CT molecular complexity index is 1320.